The van der Waals surface area contributed by atoms with Gasteiger partial charge in [0.1, 0.15) is 0 Å². The molecule has 1 aromatic carbocycles. The summed E-state index contributed by atoms with van der Waals surface area (Å²) in [5.41, 5.74) is 7.96. The molecule has 0 aromatic heterocycles. The summed E-state index contributed by atoms with van der Waals surface area (Å²) < 4.78 is 0. The first-order chi connectivity index (χ1) is 7.22. The van der Waals surface area contributed by atoms with Crippen LogP contribution < -0.4 is 11.1 Å². The van der Waals surface area contributed by atoms with E-state index in [1.807, 2.05) is 0 Å². The minimum absolute atomic E-state index is 0.740. The molecule has 0 atom stereocenters. The van der Waals surface area contributed by atoms with E-state index in [1.165, 1.54) is 11.3 Å². The Kier molecular flexibility index (Phi) is 5.15. The highest BCUT2D eigenvalue weighted by Gasteiger charge is 1.96. The molecule has 15 heavy (non-hydrogen) atoms. The van der Waals surface area contributed by atoms with Crippen molar-refractivity contribution in [3.63, 3.8) is 0 Å². The first-order valence-corrected chi connectivity index (χ1v) is 5.40. The molecule has 0 unspecified atom stereocenters. The minimum atomic E-state index is 0.740. The van der Waals surface area contributed by atoms with Crippen molar-refractivity contribution >= 4 is 5.69 Å². The molecule has 3 nitrogen and oxygen atoms in total. The zero-order valence-corrected chi connectivity index (χ0v) is 9.66. The van der Waals surface area contributed by atoms with Gasteiger partial charge in [0.05, 0.1) is 0 Å². The molecule has 3 heteroatoms. The van der Waals surface area contributed by atoms with Crippen LogP contribution in [0.15, 0.2) is 24.3 Å². The third kappa shape index (κ3) is 4.81. The van der Waals surface area contributed by atoms with Crippen LogP contribution in [-0.2, 0) is 6.54 Å². The fourth-order valence-electron chi connectivity index (χ4n) is 1.48. The number of nitrogens with zero attached hydrogens (tertiary/aromatic N) is 1. The summed E-state index contributed by atoms with van der Waals surface area (Å²) in [7, 11) is 4.16. The van der Waals surface area contributed by atoms with Crippen molar-refractivity contribution in [2.24, 2.45) is 5.73 Å². The average molecular weight is 207 g/mol. The van der Waals surface area contributed by atoms with Gasteiger partial charge in [-0.3, -0.25) is 0 Å². The van der Waals surface area contributed by atoms with Crippen LogP contribution in [0, 0.1) is 0 Å². The van der Waals surface area contributed by atoms with E-state index in [0.29, 0.717) is 0 Å². The number of nitrogens with one attached hydrogen (secondary N) is 1. The molecule has 0 saturated carbocycles. The summed E-state index contributed by atoms with van der Waals surface area (Å²) >= 11 is 0. The van der Waals surface area contributed by atoms with Crippen molar-refractivity contribution in [1.82, 2.24) is 4.90 Å². The smallest absolute Gasteiger partial charge is 0.0343 e. The molecule has 0 radical (unpaired) electrons. The van der Waals surface area contributed by atoms with Crippen LogP contribution >= 0.6 is 0 Å². The van der Waals surface area contributed by atoms with Crippen LogP contribution in [0.1, 0.15) is 12.0 Å². The van der Waals surface area contributed by atoms with E-state index in [1.54, 1.807) is 0 Å². The molecule has 0 aliphatic heterocycles. The molecular weight excluding hydrogens is 186 g/mol. The minimum Gasteiger partial charge on any atom is -0.385 e. The van der Waals surface area contributed by atoms with Crippen molar-refractivity contribution in [2.45, 2.75) is 13.0 Å². The largest absolute Gasteiger partial charge is 0.385 e. The monoisotopic (exact) mass is 207 g/mol. The summed E-state index contributed by atoms with van der Waals surface area (Å²) in [6.07, 6.45) is 1.01. The fraction of sp³-hybridized carbons (Fsp3) is 0.500. The van der Waals surface area contributed by atoms with E-state index in [9.17, 15) is 0 Å². The first kappa shape index (κ1) is 12.0. The predicted molar refractivity (Wildman–Crippen MR) is 66.0 cm³/mol. The van der Waals surface area contributed by atoms with E-state index in [2.05, 4.69) is 48.6 Å². The number of anilines is 1. The molecule has 0 aliphatic carbocycles. The highest BCUT2D eigenvalue weighted by atomic mass is 15.0. The maximum Gasteiger partial charge on any atom is 0.0343 e. The lowest BCUT2D eigenvalue weighted by atomic mass is 10.2. The third-order valence-electron chi connectivity index (χ3n) is 2.14. The molecule has 0 fully saturated rings. The van der Waals surface area contributed by atoms with Gasteiger partial charge in [0.25, 0.3) is 0 Å². The lowest BCUT2D eigenvalue weighted by Gasteiger charge is -2.11. The molecular formula is C12H21N3. The van der Waals surface area contributed by atoms with Crippen molar-refractivity contribution in [3.05, 3.63) is 29.8 Å². The topological polar surface area (TPSA) is 41.3 Å². The van der Waals surface area contributed by atoms with Crippen molar-refractivity contribution in [2.75, 3.05) is 32.5 Å². The maximum absolute atomic E-state index is 5.44. The molecule has 0 heterocycles. The SMILES string of the molecule is CN(C)Cc1cccc(NCCCN)c1. The van der Waals surface area contributed by atoms with Crippen LogP contribution in [0.5, 0.6) is 0 Å². The van der Waals surface area contributed by atoms with Crippen LogP contribution in [0.4, 0.5) is 5.69 Å². The lowest BCUT2D eigenvalue weighted by molar-refractivity contribution is 0.402. The number of hydrogen-bond donors (Lipinski definition) is 2. The Labute approximate surface area is 92.3 Å². The second-order valence-corrected chi connectivity index (χ2v) is 4.01. The zero-order chi connectivity index (χ0) is 11.1. The molecule has 0 spiro atoms. The van der Waals surface area contributed by atoms with E-state index >= 15 is 0 Å². The molecule has 0 amide bonds. The third-order valence-corrected chi connectivity index (χ3v) is 2.14. The Bertz CT molecular complexity index is 284. The van der Waals surface area contributed by atoms with Gasteiger partial charge in [0.15, 0.2) is 0 Å². The average Bonchev–Trinajstić information content (AvgIpc) is 2.18. The van der Waals surface area contributed by atoms with E-state index in [0.717, 1.165) is 26.1 Å². The standard InChI is InChI=1S/C12H21N3/c1-15(2)10-11-5-3-6-12(9-11)14-8-4-7-13/h3,5-6,9,14H,4,7-8,10,13H2,1-2H3. The normalized spacial score (nSPS) is 10.7. The zero-order valence-electron chi connectivity index (χ0n) is 9.66. The predicted octanol–water partition coefficient (Wildman–Crippen LogP) is 1.51. The lowest BCUT2D eigenvalue weighted by Crippen LogP contribution is -2.11. The summed E-state index contributed by atoms with van der Waals surface area (Å²) in [5, 5.41) is 3.36. The van der Waals surface area contributed by atoms with Gasteiger partial charge in [0.2, 0.25) is 0 Å². The second-order valence-electron chi connectivity index (χ2n) is 4.01. The van der Waals surface area contributed by atoms with Crippen molar-refractivity contribution < 1.29 is 0 Å². The van der Waals surface area contributed by atoms with Gasteiger partial charge in [-0.15, -0.1) is 0 Å². The van der Waals surface area contributed by atoms with Gasteiger partial charge in [-0.1, -0.05) is 12.1 Å². The Morgan fingerprint density at radius 2 is 2.13 bits per heavy atom. The van der Waals surface area contributed by atoms with E-state index < -0.39 is 0 Å². The quantitative estimate of drug-likeness (QED) is 0.695. The highest BCUT2D eigenvalue weighted by Crippen LogP contribution is 2.11. The van der Waals surface area contributed by atoms with Crippen LogP contribution in [0.2, 0.25) is 0 Å². The first-order valence-electron chi connectivity index (χ1n) is 5.40. The van der Waals surface area contributed by atoms with E-state index in [4.69, 9.17) is 5.73 Å². The summed E-state index contributed by atoms with van der Waals surface area (Å²) in [4.78, 5) is 2.17. The molecule has 84 valence electrons. The van der Waals surface area contributed by atoms with Crippen LogP contribution in [0.25, 0.3) is 0 Å². The maximum atomic E-state index is 5.44. The fourth-order valence-corrected chi connectivity index (χ4v) is 1.48. The Morgan fingerprint density at radius 3 is 2.80 bits per heavy atom. The van der Waals surface area contributed by atoms with Gasteiger partial charge >= 0.3 is 0 Å². The van der Waals surface area contributed by atoms with Gasteiger partial charge in [0, 0.05) is 18.8 Å². The van der Waals surface area contributed by atoms with Gasteiger partial charge < -0.3 is 16.0 Å². The molecule has 1 rings (SSSR count). The van der Waals surface area contributed by atoms with Gasteiger partial charge in [-0.25, -0.2) is 0 Å². The van der Waals surface area contributed by atoms with Crippen molar-refractivity contribution in [3.8, 4) is 0 Å². The number of nitrogens with two attached hydrogens (primary N) is 1. The number of hydrogen-bond acceptors (Lipinski definition) is 3. The molecule has 1 aromatic rings. The molecule has 3 N–H and O–H groups in total. The molecule has 0 bridgehead atoms. The second kappa shape index (κ2) is 6.43. The van der Waals surface area contributed by atoms with E-state index in [-0.39, 0.29) is 0 Å². The van der Waals surface area contributed by atoms with Gasteiger partial charge in [-0.2, -0.15) is 0 Å². The van der Waals surface area contributed by atoms with Crippen LogP contribution in [0.3, 0.4) is 0 Å². The number of rotatable bonds is 6. The summed E-state index contributed by atoms with van der Waals surface area (Å²) in [5.74, 6) is 0. The number of benzene rings is 1. The van der Waals surface area contributed by atoms with Crippen LogP contribution in [-0.4, -0.2) is 32.1 Å². The summed E-state index contributed by atoms with van der Waals surface area (Å²) in [6, 6.07) is 8.52. The Hall–Kier alpha value is -1.06. The Balaban J connectivity index is 2.50. The molecule has 0 aliphatic rings. The Morgan fingerprint density at radius 1 is 1.33 bits per heavy atom. The highest BCUT2D eigenvalue weighted by molar-refractivity contribution is 5.45. The van der Waals surface area contributed by atoms with Crippen molar-refractivity contribution in [1.29, 1.82) is 0 Å². The molecule has 0 saturated heterocycles. The van der Waals surface area contributed by atoms with Gasteiger partial charge in [-0.05, 0) is 44.8 Å². The summed E-state index contributed by atoms with van der Waals surface area (Å²) in [6.45, 7) is 2.67.